The molecule has 2 heterocycles. The van der Waals surface area contributed by atoms with Crippen LogP contribution in [-0.2, 0) is 21.6 Å². The summed E-state index contributed by atoms with van der Waals surface area (Å²) in [6.45, 7) is 1.17. The highest BCUT2D eigenvalue weighted by Gasteiger charge is 2.49. The number of carbonyl (C=O) groups excluding carboxylic acids is 2. The van der Waals surface area contributed by atoms with Crippen molar-refractivity contribution in [1.29, 1.82) is 0 Å². The highest BCUT2D eigenvalue weighted by molar-refractivity contribution is 6.30. The Kier molecular flexibility index (Phi) is 5.66. The predicted octanol–water partition coefficient (Wildman–Crippen LogP) is 2.97. The Morgan fingerprint density at radius 3 is 2.62 bits per heavy atom. The van der Waals surface area contributed by atoms with Gasteiger partial charge in [-0.25, -0.2) is 9.48 Å². The Labute approximate surface area is 173 Å². The van der Waals surface area contributed by atoms with Gasteiger partial charge in [-0.1, -0.05) is 30.9 Å². The van der Waals surface area contributed by atoms with Crippen molar-refractivity contribution in [2.24, 2.45) is 0 Å². The van der Waals surface area contributed by atoms with Gasteiger partial charge in [-0.3, -0.25) is 10.1 Å². The van der Waals surface area contributed by atoms with Gasteiger partial charge in [-0.05, 0) is 47.5 Å². The number of amides is 2. The number of nitrogens with zero attached hydrogens (tertiary/aromatic N) is 5. The zero-order valence-electron chi connectivity index (χ0n) is 16.0. The van der Waals surface area contributed by atoms with Crippen molar-refractivity contribution >= 4 is 29.3 Å². The van der Waals surface area contributed by atoms with Crippen LogP contribution in [0.1, 0.15) is 44.3 Å². The van der Waals surface area contributed by atoms with Crippen LogP contribution >= 0.6 is 11.6 Å². The van der Waals surface area contributed by atoms with Crippen molar-refractivity contribution in [3.8, 4) is 0 Å². The predicted molar refractivity (Wildman–Crippen MR) is 105 cm³/mol. The second-order valence-corrected chi connectivity index (χ2v) is 7.82. The number of β-lactam (4-membered cyclic amide) rings is 1. The standard InChI is InChI=1S/C19H23ClN6O3/c20-14-4-6-15(7-5-14)21-18(28)29-13-12-26-17(22-23-24-26)19(9-2-1-3-10-19)25-11-8-16(25)27/h4-7H,1-3,8-13H2,(H,21,28). The smallest absolute Gasteiger partial charge is 0.411 e. The van der Waals surface area contributed by atoms with Gasteiger partial charge < -0.3 is 9.64 Å². The summed E-state index contributed by atoms with van der Waals surface area (Å²) in [4.78, 5) is 26.1. The van der Waals surface area contributed by atoms with Gasteiger partial charge >= 0.3 is 6.09 Å². The van der Waals surface area contributed by atoms with Crippen molar-refractivity contribution in [2.75, 3.05) is 18.5 Å². The highest BCUT2D eigenvalue weighted by Crippen LogP contribution is 2.43. The number of rotatable bonds is 6. The Morgan fingerprint density at radius 1 is 1.21 bits per heavy atom. The molecule has 1 aromatic carbocycles. The summed E-state index contributed by atoms with van der Waals surface area (Å²) >= 11 is 5.83. The first kappa shape index (κ1) is 19.6. The number of nitrogens with one attached hydrogen (secondary N) is 1. The summed E-state index contributed by atoms with van der Waals surface area (Å²) in [5.74, 6) is 0.840. The lowest BCUT2D eigenvalue weighted by Gasteiger charge is -2.49. The minimum absolute atomic E-state index is 0.113. The van der Waals surface area contributed by atoms with E-state index in [2.05, 4.69) is 20.8 Å². The monoisotopic (exact) mass is 418 g/mol. The van der Waals surface area contributed by atoms with Crippen molar-refractivity contribution in [2.45, 2.75) is 50.6 Å². The van der Waals surface area contributed by atoms with Crippen molar-refractivity contribution in [3.63, 3.8) is 0 Å². The van der Waals surface area contributed by atoms with E-state index in [-0.39, 0.29) is 12.5 Å². The fourth-order valence-electron chi connectivity index (χ4n) is 4.12. The number of hydrogen-bond acceptors (Lipinski definition) is 6. The molecule has 2 aliphatic rings. The van der Waals surface area contributed by atoms with Crippen LogP contribution in [0, 0.1) is 0 Å². The molecule has 0 spiro atoms. The minimum Gasteiger partial charge on any atom is -0.447 e. The summed E-state index contributed by atoms with van der Waals surface area (Å²) in [7, 11) is 0. The Bertz CT molecular complexity index is 878. The van der Waals surface area contributed by atoms with E-state index in [0.29, 0.717) is 29.5 Å². The number of aromatic nitrogens is 4. The normalized spacial score (nSPS) is 18.2. The molecule has 2 amide bonds. The maximum Gasteiger partial charge on any atom is 0.411 e. The molecule has 1 aliphatic carbocycles. The quantitative estimate of drug-likeness (QED) is 0.723. The summed E-state index contributed by atoms with van der Waals surface area (Å²) in [5.41, 5.74) is 0.155. The number of likely N-dealkylation sites (tertiary alicyclic amines) is 1. The maximum absolute atomic E-state index is 12.2. The van der Waals surface area contributed by atoms with E-state index in [1.807, 2.05) is 4.90 Å². The van der Waals surface area contributed by atoms with E-state index in [4.69, 9.17) is 16.3 Å². The number of halogens is 1. The molecule has 0 bridgehead atoms. The molecule has 1 N–H and O–H groups in total. The van der Waals surface area contributed by atoms with Crippen LogP contribution < -0.4 is 5.32 Å². The lowest BCUT2D eigenvalue weighted by atomic mass is 9.77. The maximum atomic E-state index is 12.2. The average Bonchev–Trinajstić information content (AvgIpc) is 3.18. The van der Waals surface area contributed by atoms with Crippen LogP contribution in [0.3, 0.4) is 0 Å². The first-order valence-corrected chi connectivity index (χ1v) is 10.2. The third-order valence-corrected chi connectivity index (χ3v) is 5.87. The molecule has 10 heteroatoms. The SMILES string of the molecule is O=C(Nc1ccc(Cl)cc1)OCCn1nnnc1C1(N2CCC2=O)CCCCC1. The molecule has 0 unspecified atom stereocenters. The zero-order chi connectivity index (χ0) is 20.3. The van der Waals surface area contributed by atoms with Crippen LogP contribution in [0.4, 0.5) is 10.5 Å². The molecular weight excluding hydrogens is 396 g/mol. The van der Waals surface area contributed by atoms with Gasteiger partial charge in [0.2, 0.25) is 5.91 Å². The number of carbonyl (C=O) groups is 2. The molecule has 0 atom stereocenters. The van der Waals surface area contributed by atoms with E-state index >= 15 is 0 Å². The lowest BCUT2D eigenvalue weighted by Crippen LogP contribution is -2.58. The van der Waals surface area contributed by atoms with Crippen molar-refractivity contribution < 1.29 is 14.3 Å². The van der Waals surface area contributed by atoms with Crippen LogP contribution in [-0.4, -0.2) is 50.3 Å². The van der Waals surface area contributed by atoms with Crippen LogP contribution in [0.25, 0.3) is 0 Å². The molecule has 0 radical (unpaired) electrons. The Balaban J connectivity index is 1.39. The van der Waals surface area contributed by atoms with Gasteiger partial charge in [0.05, 0.1) is 6.54 Å². The topological polar surface area (TPSA) is 102 Å². The van der Waals surface area contributed by atoms with Gasteiger partial charge in [0.1, 0.15) is 12.1 Å². The van der Waals surface area contributed by atoms with E-state index in [9.17, 15) is 9.59 Å². The molecule has 154 valence electrons. The fourth-order valence-corrected chi connectivity index (χ4v) is 4.25. The van der Waals surface area contributed by atoms with Gasteiger partial charge in [-0.2, -0.15) is 0 Å². The van der Waals surface area contributed by atoms with E-state index in [1.165, 1.54) is 0 Å². The number of tetrazole rings is 1. The summed E-state index contributed by atoms with van der Waals surface area (Å²) in [5, 5.41) is 15.4. The summed E-state index contributed by atoms with van der Waals surface area (Å²) in [6, 6.07) is 6.76. The van der Waals surface area contributed by atoms with Gasteiger partial charge in [0.15, 0.2) is 5.82 Å². The molecule has 29 heavy (non-hydrogen) atoms. The first-order chi connectivity index (χ1) is 14.1. The Hall–Kier alpha value is -2.68. The molecule has 9 nitrogen and oxygen atoms in total. The molecule has 1 aliphatic heterocycles. The molecule has 2 aromatic rings. The zero-order valence-corrected chi connectivity index (χ0v) is 16.8. The molecule has 4 rings (SSSR count). The molecule has 1 saturated heterocycles. The number of hydrogen-bond donors (Lipinski definition) is 1. The van der Waals surface area contributed by atoms with E-state index in [1.54, 1.807) is 28.9 Å². The highest BCUT2D eigenvalue weighted by atomic mass is 35.5. The fraction of sp³-hybridized carbons (Fsp3) is 0.526. The second-order valence-electron chi connectivity index (χ2n) is 7.38. The molecular formula is C19H23ClN6O3. The number of benzene rings is 1. The summed E-state index contributed by atoms with van der Waals surface area (Å²) in [6.07, 6.45) is 4.96. The Morgan fingerprint density at radius 2 is 1.97 bits per heavy atom. The van der Waals surface area contributed by atoms with Crippen molar-refractivity contribution in [3.05, 3.63) is 35.1 Å². The third kappa shape index (κ3) is 4.05. The van der Waals surface area contributed by atoms with Crippen LogP contribution in [0.15, 0.2) is 24.3 Å². The molecule has 2 fully saturated rings. The molecule has 1 saturated carbocycles. The average molecular weight is 419 g/mol. The van der Waals surface area contributed by atoms with Gasteiger partial charge in [-0.15, -0.1) is 5.10 Å². The largest absolute Gasteiger partial charge is 0.447 e. The number of anilines is 1. The third-order valence-electron chi connectivity index (χ3n) is 5.62. The number of ether oxygens (including phenoxy) is 1. The van der Waals surface area contributed by atoms with Crippen LogP contribution in [0.2, 0.25) is 5.02 Å². The second kappa shape index (κ2) is 8.36. The van der Waals surface area contributed by atoms with Crippen LogP contribution in [0.5, 0.6) is 0 Å². The van der Waals surface area contributed by atoms with Crippen molar-refractivity contribution in [1.82, 2.24) is 25.1 Å². The lowest BCUT2D eigenvalue weighted by molar-refractivity contribution is -0.152. The summed E-state index contributed by atoms with van der Waals surface area (Å²) < 4.78 is 6.93. The van der Waals surface area contributed by atoms with E-state index < -0.39 is 11.6 Å². The van der Waals surface area contributed by atoms with Gasteiger partial charge in [0.25, 0.3) is 0 Å². The minimum atomic E-state index is -0.563. The first-order valence-electron chi connectivity index (χ1n) is 9.85. The van der Waals surface area contributed by atoms with Gasteiger partial charge in [0, 0.05) is 23.7 Å². The van der Waals surface area contributed by atoms with E-state index in [0.717, 1.165) is 38.6 Å². The molecule has 1 aromatic heterocycles.